The quantitative estimate of drug-likeness (QED) is 0.339. The molecule has 4 atom stereocenters. The van der Waals surface area contributed by atoms with Crippen LogP contribution < -0.4 is 0 Å². The van der Waals surface area contributed by atoms with Crippen LogP contribution in [0.5, 0.6) is 0 Å². The Hall–Kier alpha value is -1.47. The molecule has 2 fully saturated rings. The van der Waals surface area contributed by atoms with E-state index in [-0.39, 0.29) is 11.9 Å². The Bertz CT molecular complexity index is 1130. The number of benzene rings is 2. The van der Waals surface area contributed by atoms with Crippen molar-refractivity contribution >= 4 is 34.5 Å². The van der Waals surface area contributed by atoms with Crippen molar-refractivity contribution in [3.8, 4) is 0 Å². The molecule has 2 aliphatic rings. The van der Waals surface area contributed by atoms with Crippen LogP contribution in [-0.2, 0) is 0 Å². The number of nitrogens with zero attached hydrogens (tertiary/aromatic N) is 2. The van der Waals surface area contributed by atoms with E-state index in [0.717, 1.165) is 51.1 Å². The van der Waals surface area contributed by atoms with E-state index in [2.05, 4.69) is 26.6 Å². The number of thiophene rings is 1. The molecule has 36 heavy (non-hydrogen) atoms. The Morgan fingerprint density at radius 2 is 1.78 bits per heavy atom. The van der Waals surface area contributed by atoms with Crippen molar-refractivity contribution in [3.05, 3.63) is 91.8 Å². The van der Waals surface area contributed by atoms with Gasteiger partial charge in [-0.1, -0.05) is 47.5 Å². The third kappa shape index (κ3) is 5.67. The van der Waals surface area contributed by atoms with Crippen molar-refractivity contribution in [1.82, 2.24) is 9.80 Å². The molecular weight excluding hydrogens is 514 g/mol. The van der Waals surface area contributed by atoms with E-state index in [1.54, 1.807) is 29.5 Å². The molecule has 2 aromatic carbocycles. The van der Waals surface area contributed by atoms with Gasteiger partial charge in [0.2, 0.25) is 0 Å². The minimum Gasteiger partial charge on any atom is -0.391 e. The highest BCUT2D eigenvalue weighted by molar-refractivity contribution is 7.08. The first-order valence-electron chi connectivity index (χ1n) is 12.8. The highest BCUT2D eigenvalue weighted by atomic mass is 35.5. The Labute approximate surface area is 227 Å². The molecule has 2 saturated heterocycles. The molecule has 0 spiro atoms. The van der Waals surface area contributed by atoms with Gasteiger partial charge in [0.25, 0.3) is 0 Å². The van der Waals surface area contributed by atoms with Gasteiger partial charge in [0.15, 0.2) is 0 Å². The van der Waals surface area contributed by atoms with Crippen molar-refractivity contribution < 1.29 is 9.50 Å². The second-order valence-electron chi connectivity index (χ2n) is 10.3. The average Bonchev–Trinajstić information content (AvgIpc) is 3.53. The van der Waals surface area contributed by atoms with Gasteiger partial charge in [-0.25, -0.2) is 4.39 Å². The summed E-state index contributed by atoms with van der Waals surface area (Å²) in [6.45, 7) is 6.75. The third-order valence-corrected chi connectivity index (χ3v) is 9.55. The number of likely N-dealkylation sites (tertiary alicyclic amines) is 2. The van der Waals surface area contributed by atoms with Crippen LogP contribution in [-0.4, -0.2) is 53.7 Å². The Balaban J connectivity index is 1.31. The summed E-state index contributed by atoms with van der Waals surface area (Å²) in [5.41, 5.74) is 3.52. The standard InChI is InChI=1S/C29H33Cl2FN2OS/c1-19(35)29(25-3-2-4-27(30)28(25)31)34-16-23(26(17-34)22-11-14-36-18-22)15-33-12-9-21(10-13-33)20-5-7-24(32)8-6-20/h2-8,11,14,18-19,21,23,26,29,35H,9-10,12-13,15-17H2,1H3/t19?,23-,26+,29?/m1/s1. The smallest absolute Gasteiger partial charge is 0.123 e. The first-order valence-corrected chi connectivity index (χ1v) is 14.5. The molecule has 0 saturated carbocycles. The summed E-state index contributed by atoms with van der Waals surface area (Å²) in [4.78, 5) is 5.00. The van der Waals surface area contributed by atoms with Crippen LogP contribution >= 0.6 is 34.5 Å². The molecule has 0 amide bonds. The summed E-state index contributed by atoms with van der Waals surface area (Å²) in [6.07, 6.45) is 1.62. The van der Waals surface area contributed by atoms with Gasteiger partial charge in [-0.15, -0.1) is 0 Å². The van der Waals surface area contributed by atoms with Crippen LogP contribution in [0.1, 0.15) is 54.3 Å². The van der Waals surface area contributed by atoms with Gasteiger partial charge in [0.05, 0.1) is 22.2 Å². The summed E-state index contributed by atoms with van der Waals surface area (Å²) in [5.74, 6) is 1.20. The van der Waals surface area contributed by atoms with Crippen LogP contribution in [0.15, 0.2) is 59.3 Å². The predicted octanol–water partition coefficient (Wildman–Crippen LogP) is 7.21. The number of hydrogen-bond acceptors (Lipinski definition) is 4. The van der Waals surface area contributed by atoms with E-state index in [1.807, 2.05) is 31.2 Å². The molecular formula is C29H33Cl2FN2OS. The minimum atomic E-state index is -0.575. The van der Waals surface area contributed by atoms with Gasteiger partial charge in [-0.05, 0) is 96.4 Å². The monoisotopic (exact) mass is 546 g/mol. The zero-order valence-electron chi connectivity index (χ0n) is 20.5. The molecule has 1 aromatic heterocycles. The van der Waals surface area contributed by atoms with Gasteiger partial charge < -0.3 is 10.0 Å². The van der Waals surface area contributed by atoms with E-state index in [4.69, 9.17) is 23.2 Å². The van der Waals surface area contributed by atoms with Gasteiger partial charge in [-0.3, -0.25) is 4.90 Å². The fourth-order valence-corrected chi connectivity index (χ4v) is 7.35. The molecule has 0 bridgehead atoms. The topological polar surface area (TPSA) is 26.7 Å². The fourth-order valence-electron chi connectivity index (χ4n) is 6.21. The Morgan fingerprint density at radius 3 is 2.44 bits per heavy atom. The molecule has 0 aliphatic carbocycles. The lowest BCUT2D eigenvalue weighted by molar-refractivity contribution is 0.0704. The second-order valence-corrected chi connectivity index (χ2v) is 11.9. The predicted molar refractivity (Wildman–Crippen MR) is 148 cm³/mol. The summed E-state index contributed by atoms with van der Waals surface area (Å²) in [5, 5.41) is 16.3. The molecule has 3 aromatic rings. The number of aliphatic hydroxyl groups excluding tert-OH is 1. The molecule has 0 radical (unpaired) electrons. The fraction of sp³-hybridized carbons (Fsp3) is 0.448. The molecule has 2 aliphatic heterocycles. The minimum absolute atomic E-state index is 0.170. The number of hydrogen-bond donors (Lipinski definition) is 1. The van der Waals surface area contributed by atoms with Crippen molar-refractivity contribution in [1.29, 1.82) is 0 Å². The molecule has 192 valence electrons. The normalized spacial score (nSPS) is 23.7. The maximum absolute atomic E-state index is 13.3. The zero-order valence-corrected chi connectivity index (χ0v) is 22.8. The zero-order chi connectivity index (χ0) is 25.2. The summed E-state index contributed by atoms with van der Waals surface area (Å²) >= 11 is 14.7. The molecule has 5 rings (SSSR count). The van der Waals surface area contributed by atoms with E-state index in [1.165, 1.54) is 11.1 Å². The summed E-state index contributed by atoms with van der Waals surface area (Å²) in [6, 6.07) is 14.8. The van der Waals surface area contributed by atoms with Crippen LogP contribution in [0.2, 0.25) is 10.0 Å². The molecule has 1 N–H and O–H groups in total. The SMILES string of the molecule is CC(O)C(c1cccc(Cl)c1Cl)N1C[C@@H](CN2CCC(c3ccc(F)cc3)CC2)[C@H](c2ccsc2)C1. The number of halogens is 3. The molecule has 2 unspecified atom stereocenters. The Kier molecular flexibility index (Phi) is 8.36. The van der Waals surface area contributed by atoms with Crippen molar-refractivity contribution in [2.75, 3.05) is 32.7 Å². The lowest BCUT2D eigenvalue weighted by Crippen LogP contribution is -2.39. The van der Waals surface area contributed by atoms with E-state index in [0.29, 0.717) is 27.8 Å². The van der Waals surface area contributed by atoms with Crippen LogP contribution in [0, 0.1) is 11.7 Å². The van der Waals surface area contributed by atoms with Crippen molar-refractivity contribution in [2.24, 2.45) is 5.92 Å². The average molecular weight is 548 g/mol. The van der Waals surface area contributed by atoms with Crippen molar-refractivity contribution in [2.45, 2.75) is 43.7 Å². The molecule has 3 nitrogen and oxygen atoms in total. The number of rotatable bonds is 7. The largest absolute Gasteiger partial charge is 0.391 e. The number of piperidine rings is 1. The maximum Gasteiger partial charge on any atom is 0.123 e. The first kappa shape index (κ1) is 26.1. The summed E-state index contributed by atoms with van der Waals surface area (Å²) < 4.78 is 13.3. The van der Waals surface area contributed by atoms with E-state index < -0.39 is 6.10 Å². The molecule has 7 heteroatoms. The lowest BCUT2D eigenvalue weighted by atomic mass is 9.87. The van der Waals surface area contributed by atoms with E-state index >= 15 is 0 Å². The third-order valence-electron chi connectivity index (χ3n) is 8.01. The summed E-state index contributed by atoms with van der Waals surface area (Å²) in [7, 11) is 0. The molecule has 3 heterocycles. The van der Waals surface area contributed by atoms with Crippen LogP contribution in [0.4, 0.5) is 4.39 Å². The van der Waals surface area contributed by atoms with Gasteiger partial charge in [0, 0.05) is 25.6 Å². The van der Waals surface area contributed by atoms with Crippen LogP contribution in [0.25, 0.3) is 0 Å². The Morgan fingerprint density at radius 1 is 1.03 bits per heavy atom. The van der Waals surface area contributed by atoms with Gasteiger partial charge in [-0.2, -0.15) is 11.3 Å². The first-order chi connectivity index (χ1) is 17.4. The van der Waals surface area contributed by atoms with Gasteiger partial charge >= 0.3 is 0 Å². The van der Waals surface area contributed by atoms with Crippen LogP contribution in [0.3, 0.4) is 0 Å². The highest BCUT2D eigenvalue weighted by Crippen LogP contribution is 2.42. The number of aliphatic hydroxyl groups is 1. The maximum atomic E-state index is 13.3. The van der Waals surface area contributed by atoms with Crippen molar-refractivity contribution in [3.63, 3.8) is 0 Å². The van der Waals surface area contributed by atoms with Gasteiger partial charge in [0.1, 0.15) is 5.82 Å². The second kappa shape index (κ2) is 11.5. The lowest BCUT2D eigenvalue weighted by Gasteiger charge is -2.35. The highest BCUT2D eigenvalue weighted by Gasteiger charge is 2.40. The van der Waals surface area contributed by atoms with E-state index in [9.17, 15) is 9.50 Å².